The molecule has 0 bridgehead atoms. The lowest BCUT2D eigenvalue weighted by Gasteiger charge is -2.58. The largest absolute Gasteiger partial charge is 0.506 e. The van der Waals surface area contributed by atoms with Crippen LogP contribution in [0.5, 0.6) is 0 Å². The topological polar surface area (TPSA) is 46.5 Å². The van der Waals surface area contributed by atoms with E-state index in [2.05, 4.69) is 19.9 Å². The summed E-state index contributed by atoms with van der Waals surface area (Å²) in [5, 5.41) is 9.05. The maximum Gasteiger partial charge on any atom is 0.506 e. The number of rotatable bonds is 2. The van der Waals surface area contributed by atoms with Gasteiger partial charge in [-0.1, -0.05) is 25.5 Å². The van der Waals surface area contributed by atoms with E-state index in [9.17, 15) is 4.79 Å². The number of ether oxygens (including phenoxy) is 1. The first-order chi connectivity index (χ1) is 11.9. The molecule has 0 aliphatic heterocycles. The van der Waals surface area contributed by atoms with Gasteiger partial charge in [-0.05, 0) is 93.3 Å². The summed E-state index contributed by atoms with van der Waals surface area (Å²) in [5.41, 5.74) is 2.48. The van der Waals surface area contributed by atoms with Gasteiger partial charge in [-0.2, -0.15) is 0 Å². The van der Waals surface area contributed by atoms with Gasteiger partial charge in [0, 0.05) is 5.92 Å². The van der Waals surface area contributed by atoms with Gasteiger partial charge in [-0.25, -0.2) is 4.79 Å². The molecule has 25 heavy (non-hydrogen) atoms. The summed E-state index contributed by atoms with van der Waals surface area (Å²) in [5.74, 6) is 2.84. The molecule has 140 valence electrons. The van der Waals surface area contributed by atoms with Gasteiger partial charge >= 0.3 is 6.16 Å². The highest BCUT2D eigenvalue weighted by Gasteiger charge is 2.59. The molecule has 4 rings (SSSR count). The lowest BCUT2D eigenvalue weighted by Crippen LogP contribution is -2.51. The van der Waals surface area contributed by atoms with Crippen LogP contribution in [0.25, 0.3) is 0 Å². The Hall–Kier alpha value is -0.990. The van der Waals surface area contributed by atoms with Crippen molar-refractivity contribution in [2.75, 3.05) is 0 Å². The summed E-state index contributed by atoms with van der Waals surface area (Å²) in [7, 11) is 0. The Balaban J connectivity index is 1.58. The molecular weight excluding hydrogens is 312 g/mol. The van der Waals surface area contributed by atoms with Crippen molar-refractivity contribution in [1.29, 1.82) is 0 Å². The standard InChI is InChI=1S/C22H34O3/c1-14(25-20(23)24)17-9-10-18-16-8-7-15-6-4-5-12-21(15,2)19(16)11-13-22(17,18)3/h6,14,16-19H,4-5,7-13H2,1-3H3,(H,23,24)/t14?,16-,17+,18-,19-,21-,22+/m0/s1. The smallest absolute Gasteiger partial charge is 0.450 e. The quantitative estimate of drug-likeness (QED) is 0.490. The zero-order chi connectivity index (χ0) is 17.8. The van der Waals surface area contributed by atoms with Crippen LogP contribution in [0, 0.1) is 34.5 Å². The van der Waals surface area contributed by atoms with E-state index in [1.54, 1.807) is 5.57 Å². The molecule has 3 saturated carbocycles. The van der Waals surface area contributed by atoms with Crippen molar-refractivity contribution >= 4 is 6.16 Å². The molecular formula is C22H34O3. The molecule has 3 fully saturated rings. The van der Waals surface area contributed by atoms with Crippen molar-refractivity contribution in [2.24, 2.45) is 34.5 Å². The van der Waals surface area contributed by atoms with E-state index in [4.69, 9.17) is 9.84 Å². The zero-order valence-corrected chi connectivity index (χ0v) is 16.1. The highest BCUT2D eigenvalue weighted by Crippen LogP contribution is 2.67. The fourth-order valence-corrected chi connectivity index (χ4v) is 7.81. The Morgan fingerprint density at radius 3 is 2.76 bits per heavy atom. The second-order valence-electron chi connectivity index (χ2n) is 9.77. The maximum atomic E-state index is 11.0. The SMILES string of the molecule is CC(OC(=O)O)[C@H]1CC[C@H]2[C@@H]3CCC4=CCCC[C@]4(C)[C@H]3CC[C@]12C. The third-order valence-corrected chi connectivity index (χ3v) is 8.95. The first kappa shape index (κ1) is 17.4. The summed E-state index contributed by atoms with van der Waals surface area (Å²) >= 11 is 0. The Kier molecular flexibility index (Phi) is 4.20. The third kappa shape index (κ3) is 2.56. The van der Waals surface area contributed by atoms with Crippen molar-refractivity contribution in [3.8, 4) is 0 Å². The van der Waals surface area contributed by atoms with Crippen molar-refractivity contribution in [1.82, 2.24) is 0 Å². The van der Waals surface area contributed by atoms with Gasteiger partial charge in [0.1, 0.15) is 6.10 Å². The van der Waals surface area contributed by atoms with Gasteiger partial charge in [-0.15, -0.1) is 0 Å². The predicted molar refractivity (Wildman–Crippen MR) is 98.4 cm³/mol. The first-order valence-electron chi connectivity index (χ1n) is 10.5. The summed E-state index contributed by atoms with van der Waals surface area (Å²) < 4.78 is 5.20. The second kappa shape index (κ2) is 6.03. The molecule has 0 heterocycles. The third-order valence-electron chi connectivity index (χ3n) is 8.95. The Bertz CT molecular complexity index is 582. The summed E-state index contributed by atoms with van der Waals surface area (Å²) in [6.45, 7) is 6.98. The van der Waals surface area contributed by atoms with Crippen LogP contribution in [0.2, 0.25) is 0 Å². The number of hydrogen-bond donors (Lipinski definition) is 1. The molecule has 3 heteroatoms. The van der Waals surface area contributed by atoms with Gasteiger partial charge in [0.25, 0.3) is 0 Å². The summed E-state index contributed by atoms with van der Waals surface area (Å²) in [6.07, 6.45) is 12.9. The van der Waals surface area contributed by atoms with Crippen molar-refractivity contribution in [2.45, 2.75) is 84.7 Å². The van der Waals surface area contributed by atoms with E-state index in [0.29, 0.717) is 11.3 Å². The van der Waals surface area contributed by atoms with Crippen molar-refractivity contribution in [3.05, 3.63) is 11.6 Å². The number of carboxylic acid groups (broad SMARTS) is 1. The van der Waals surface area contributed by atoms with Crippen LogP contribution in [0.3, 0.4) is 0 Å². The minimum Gasteiger partial charge on any atom is -0.450 e. The Morgan fingerprint density at radius 1 is 1.20 bits per heavy atom. The fourth-order valence-electron chi connectivity index (χ4n) is 7.81. The summed E-state index contributed by atoms with van der Waals surface area (Å²) in [6, 6.07) is 0. The average molecular weight is 347 g/mol. The van der Waals surface area contributed by atoms with Crippen LogP contribution in [0.15, 0.2) is 11.6 Å². The van der Waals surface area contributed by atoms with Crippen LogP contribution < -0.4 is 0 Å². The van der Waals surface area contributed by atoms with Crippen LogP contribution in [0.1, 0.15) is 78.6 Å². The number of allylic oxidation sites excluding steroid dienone is 2. The molecule has 4 aliphatic rings. The average Bonchev–Trinajstić information content (AvgIpc) is 2.91. The predicted octanol–water partition coefficient (Wildman–Crippen LogP) is 6.04. The van der Waals surface area contributed by atoms with Gasteiger partial charge in [0.05, 0.1) is 0 Å². The van der Waals surface area contributed by atoms with Crippen LogP contribution in [0.4, 0.5) is 4.79 Å². The van der Waals surface area contributed by atoms with Crippen LogP contribution >= 0.6 is 0 Å². The first-order valence-corrected chi connectivity index (χ1v) is 10.5. The molecule has 0 spiro atoms. The van der Waals surface area contributed by atoms with Crippen molar-refractivity contribution in [3.63, 3.8) is 0 Å². The monoisotopic (exact) mass is 346 g/mol. The van der Waals surface area contributed by atoms with E-state index >= 15 is 0 Å². The zero-order valence-electron chi connectivity index (χ0n) is 16.1. The lowest BCUT2D eigenvalue weighted by atomic mass is 9.46. The van der Waals surface area contributed by atoms with Gasteiger partial charge in [0.15, 0.2) is 0 Å². The number of hydrogen-bond acceptors (Lipinski definition) is 2. The maximum absolute atomic E-state index is 11.0. The van der Waals surface area contributed by atoms with E-state index in [0.717, 1.165) is 24.2 Å². The minimum atomic E-state index is -1.12. The van der Waals surface area contributed by atoms with Crippen LogP contribution in [-0.4, -0.2) is 17.4 Å². The molecule has 3 nitrogen and oxygen atoms in total. The highest BCUT2D eigenvalue weighted by atomic mass is 16.7. The van der Waals surface area contributed by atoms with Crippen molar-refractivity contribution < 1.29 is 14.6 Å². The van der Waals surface area contributed by atoms with E-state index in [1.165, 1.54) is 51.4 Å². The van der Waals surface area contributed by atoms with E-state index in [-0.39, 0.29) is 11.5 Å². The molecule has 0 saturated heterocycles. The molecule has 7 atom stereocenters. The molecule has 0 amide bonds. The second-order valence-corrected chi connectivity index (χ2v) is 9.77. The normalized spacial score (nSPS) is 47.1. The van der Waals surface area contributed by atoms with Gasteiger partial charge in [0.2, 0.25) is 0 Å². The molecule has 4 aliphatic carbocycles. The van der Waals surface area contributed by atoms with Gasteiger partial charge in [-0.3, -0.25) is 0 Å². The fraction of sp³-hybridized carbons (Fsp3) is 0.864. The van der Waals surface area contributed by atoms with E-state index < -0.39 is 6.16 Å². The number of carbonyl (C=O) groups is 1. The molecule has 1 N–H and O–H groups in total. The van der Waals surface area contributed by atoms with E-state index in [1.807, 2.05) is 6.92 Å². The molecule has 0 aromatic carbocycles. The minimum absolute atomic E-state index is 0.173. The number of fused-ring (bicyclic) bond motifs is 5. The molecule has 1 unspecified atom stereocenters. The van der Waals surface area contributed by atoms with Gasteiger partial charge < -0.3 is 9.84 Å². The Labute approximate surface area is 152 Å². The molecule has 0 aromatic rings. The summed E-state index contributed by atoms with van der Waals surface area (Å²) in [4.78, 5) is 11.0. The Morgan fingerprint density at radius 2 is 2.00 bits per heavy atom. The molecule has 0 radical (unpaired) electrons. The molecule has 0 aromatic heterocycles. The highest BCUT2D eigenvalue weighted by molar-refractivity contribution is 5.57. The van der Waals surface area contributed by atoms with Crippen LogP contribution in [-0.2, 0) is 4.74 Å². The lowest BCUT2D eigenvalue weighted by molar-refractivity contribution is -0.0751.